The molecular formula is C15H23N3O. The van der Waals surface area contributed by atoms with E-state index in [1.807, 2.05) is 0 Å². The summed E-state index contributed by atoms with van der Waals surface area (Å²) in [6.45, 7) is 3.91. The molecule has 2 N–H and O–H groups in total. The van der Waals surface area contributed by atoms with E-state index in [0.717, 1.165) is 42.5 Å². The highest BCUT2D eigenvalue weighted by Gasteiger charge is 2.24. The third-order valence-electron chi connectivity index (χ3n) is 4.77. The Morgan fingerprint density at radius 1 is 1.26 bits per heavy atom. The highest BCUT2D eigenvalue weighted by atomic mass is 16.1. The van der Waals surface area contributed by atoms with E-state index in [4.69, 9.17) is 4.98 Å². The first kappa shape index (κ1) is 12.9. The van der Waals surface area contributed by atoms with E-state index in [1.54, 1.807) is 0 Å². The molecule has 104 valence electrons. The van der Waals surface area contributed by atoms with Crippen molar-refractivity contribution < 1.29 is 0 Å². The molecule has 0 aromatic carbocycles. The van der Waals surface area contributed by atoms with E-state index in [9.17, 15) is 4.79 Å². The maximum atomic E-state index is 12.1. The second kappa shape index (κ2) is 5.45. The predicted octanol–water partition coefficient (Wildman–Crippen LogP) is 2.10. The van der Waals surface area contributed by atoms with E-state index >= 15 is 0 Å². The van der Waals surface area contributed by atoms with Crippen molar-refractivity contribution in [3.05, 3.63) is 27.4 Å². The van der Waals surface area contributed by atoms with Crippen LogP contribution in [0.1, 0.15) is 62.0 Å². The normalized spacial score (nSPS) is 27.0. The summed E-state index contributed by atoms with van der Waals surface area (Å²) >= 11 is 0. The van der Waals surface area contributed by atoms with Crippen molar-refractivity contribution in [2.24, 2.45) is 5.92 Å². The number of nitrogens with zero attached hydrogens (tertiary/aromatic N) is 1. The molecule has 0 saturated heterocycles. The zero-order chi connectivity index (χ0) is 13.2. The van der Waals surface area contributed by atoms with Crippen LogP contribution in [-0.4, -0.2) is 16.5 Å². The highest BCUT2D eigenvalue weighted by molar-refractivity contribution is 5.21. The zero-order valence-corrected chi connectivity index (χ0v) is 11.7. The molecule has 0 atom stereocenters. The first-order valence-corrected chi connectivity index (χ1v) is 7.60. The number of rotatable bonds is 2. The quantitative estimate of drug-likeness (QED) is 0.857. The Kier molecular flexibility index (Phi) is 3.69. The fourth-order valence-corrected chi connectivity index (χ4v) is 3.43. The Hall–Kier alpha value is -1.16. The fourth-order valence-electron chi connectivity index (χ4n) is 3.43. The molecule has 4 nitrogen and oxygen atoms in total. The molecule has 1 aromatic heterocycles. The number of aromatic amines is 1. The third-order valence-corrected chi connectivity index (χ3v) is 4.77. The van der Waals surface area contributed by atoms with Crippen molar-refractivity contribution >= 4 is 0 Å². The van der Waals surface area contributed by atoms with Gasteiger partial charge >= 0.3 is 0 Å². The van der Waals surface area contributed by atoms with Crippen LogP contribution in [0.4, 0.5) is 0 Å². The smallest absolute Gasteiger partial charge is 0.254 e. The first-order valence-electron chi connectivity index (χ1n) is 7.60. The lowest BCUT2D eigenvalue weighted by atomic mass is 9.80. The second-order valence-electron chi connectivity index (χ2n) is 5.93. The lowest BCUT2D eigenvalue weighted by Crippen LogP contribution is -2.32. The van der Waals surface area contributed by atoms with Gasteiger partial charge in [0.15, 0.2) is 0 Å². The fraction of sp³-hybridized carbons (Fsp3) is 0.733. The van der Waals surface area contributed by atoms with Gasteiger partial charge in [-0.25, -0.2) is 4.98 Å². The standard InChI is InChI=1S/C15H23N3O/c1-2-10-3-5-11(6-4-10)14-17-13-9-16-8-7-12(13)15(19)18-14/h10-11,16H,2-9H2,1H3,(H,17,18,19). The molecule has 2 aliphatic rings. The Labute approximate surface area is 114 Å². The molecule has 1 aliphatic carbocycles. The van der Waals surface area contributed by atoms with Crippen LogP contribution in [0.2, 0.25) is 0 Å². The molecule has 19 heavy (non-hydrogen) atoms. The van der Waals surface area contributed by atoms with Gasteiger partial charge in [0, 0.05) is 18.0 Å². The van der Waals surface area contributed by atoms with E-state index in [0.29, 0.717) is 5.92 Å². The van der Waals surface area contributed by atoms with Crippen LogP contribution in [0, 0.1) is 5.92 Å². The molecule has 4 heteroatoms. The van der Waals surface area contributed by atoms with Crippen LogP contribution < -0.4 is 10.9 Å². The average Bonchev–Trinajstić information content (AvgIpc) is 2.47. The van der Waals surface area contributed by atoms with E-state index in [-0.39, 0.29) is 5.56 Å². The van der Waals surface area contributed by atoms with Gasteiger partial charge < -0.3 is 10.3 Å². The number of H-pyrrole nitrogens is 1. The van der Waals surface area contributed by atoms with Gasteiger partial charge in [0.05, 0.1) is 5.69 Å². The van der Waals surface area contributed by atoms with Gasteiger partial charge in [-0.05, 0) is 44.6 Å². The third kappa shape index (κ3) is 2.59. The van der Waals surface area contributed by atoms with E-state index in [2.05, 4.69) is 17.2 Å². The van der Waals surface area contributed by atoms with Crippen molar-refractivity contribution in [3.63, 3.8) is 0 Å². The summed E-state index contributed by atoms with van der Waals surface area (Å²) in [5.41, 5.74) is 1.96. The summed E-state index contributed by atoms with van der Waals surface area (Å²) in [5.74, 6) is 2.27. The van der Waals surface area contributed by atoms with E-state index < -0.39 is 0 Å². The average molecular weight is 261 g/mol. The van der Waals surface area contributed by atoms with Gasteiger partial charge in [0.25, 0.3) is 5.56 Å². The molecule has 1 aromatic rings. The lowest BCUT2D eigenvalue weighted by Gasteiger charge is -2.27. The van der Waals surface area contributed by atoms with Crippen molar-refractivity contribution in [2.75, 3.05) is 6.54 Å². The van der Waals surface area contributed by atoms with Gasteiger partial charge in [0.2, 0.25) is 0 Å². The minimum atomic E-state index is 0.0964. The molecule has 0 spiro atoms. The second-order valence-corrected chi connectivity index (χ2v) is 5.93. The van der Waals surface area contributed by atoms with Crippen molar-refractivity contribution in [1.82, 2.24) is 15.3 Å². The molecule has 1 fully saturated rings. The molecule has 0 radical (unpaired) electrons. The SMILES string of the molecule is CCC1CCC(c2nc3c(c(=O)[nH]2)CCNC3)CC1. The monoisotopic (exact) mass is 261 g/mol. The maximum Gasteiger partial charge on any atom is 0.254 e. The number of fused-ring (bicyclic) bond motifs is 1. The summed E-state index contributed by atoms with van der Waals surface area (Å²) in [6, 6.07) is 0. The molecule has 0 unspecified atom stereocenters. The van der Waals surface area contributed by atoms with Crippen LogP contribution in [0.3, 0.4) is 0 Å². The van der Waals surface area contributed by atoms with Crippen LogP contribution in [0.5, 0.6) is 0 Å². The number of hydrogen-bond donors (Lipinski definition) is 2. The molecule has 0 amide bonds. The minimum absolute atomic E-state index is 0.0964. The predicted molar refractivity (Wildman–Crippen MR) is 75.3 cm³/mol. The first-order chi connectivity index (χ1) is 9.28. The Bertz CT molecular complexity index is 501. The number of hydrogen-bond acceptors (Lipinski definition) is 3. The lowest BCUT2D eigenvalue weighted by molar-refractivity contribution is 0.311. The summed E-state index contributed by atoms with van der Waals surface area (Å²) in [7, 11) is 0. The van der Waals surface area contributed by atoms with Gasteiger partial charge in [-0.2, -0.15) is 0 Å². The number of aromatic nitrogens is 2. The summed E-state index contributed by atoms with van der Waals surface area (Å²) in [4.78, 5) is 19.9. The highest BCUT2D eigenvalue weighted by Crippen LogP contribution is 2.35. The van der Waals surface area contributed by atoms with Crippen molar-refractivity contribution in [1.29, 1.82) is 0 Å². The van der Waals surface area contributed by atoms with Crippen LogP contribution >= 0.6 is 0 Å². The Morgan fingerprint density at radius 2 is 2.05 bits per heavy atom. The Morgan fingerprint density at radius 3 is 2.79 bits per heavy atom. The van der Waals surface area contributed by atoms with Crippen LogP contribution in [-0.2, 0) is 13.0 Å². The number of nitrogens with one attached hydrogen (secondary N) is 2. The topological polar surface area (TPSA) is 57.8 Å². The van der Waals surface area contributed by atoms with Gasteiger partial charge in [-0.3, -0.25) is 4.79 Å². The minimum Gasteiger partial charge on any atom is -0.311 e. The maximum absolute atomic E-state index is 12.1. The van der Waals surface area contributed by atoms with Gasteiger partial charge in [-0.15, -0.1) is 0 Å². The van der Waals surface area contributed by atoms with Crippen LogP contribution in [0.25, 0.3) is 0 Å². The molecule has 1 aliphatic heterocycles. The zero-order valence-electron chi connectivity index (χ0n) is 11.7. The summed E-state index contributed by atoms with van der Waals surface area (Å²) < 4.78 is 0. The van der Waals surface area contributed by atoms with Crippen molar-refractivity contribution in [2.45, 2.75) is 57.9 Å². The molecule has 3 rings (SSSR count). The summed E-state index contributed by atoms with van der Waals surface area (Å²) in [5, 5.41) is 3.30. The van der Waals surface area contributed by atoms with Gasteiger partial charge in [0.1, 0.15) is 5.82 Å². The summed E-state index contributed by atoms with van der Waals surface area (Å²) in [6.07, 6.45) is 6.99. The van der Waals surface area contributed by atoms with Crippen molar-refractivity contribution in [3.8, 4) is 0 Å². The molecule has 1 saturated carbocycles. The molecule has 0 bridgehead atoms. The van der Waals surface area contributed by atoms with E-state index in [1.165, 1.54) is 32.1 Å². The van der Waals surface area contributed by atoms with Crippen LogP contribution in [0.15, 0.2) is 4.79 Å². The largest absolute Gasteiger partial charge is 0.311 e. The molecular weight excluding hydrogens is 238 g/mol. The Balaban J connectivity index is 1.82. The van der Waals surface area contributed by atoms with Gasteiger partial charge in [-0.1, -0.05) is 13.3 Å². The molecule has 2 heterocycles.